The number of rotatable bonds is 14. The Morgan fingerprint density at radius 1 is 0.932 bits per heavy atom. The Morgan fingerprint density at radius 3 is 2.20 bits per heavy atom. The number of hydrogen-bond donors (Lipinski definition) is 1. The van der Waals surface area contributed by atoms with Gasteiger partial charge < -0.3 is 10.2 Å². The summed E-state index contributed by atoms with van der Waals surface area (Å²) < 4.78 is 66.1. The van der Waals surface area contributed by atoms with Gasteiger partial charge in [0.2, 0.25) is 21.8 Å². The molecular formula is C33H40F3N3O4S. The standard InChI is InChI=1S/C33H40F3N3O4S/c1-24(2)22-37-32(41)30(20-26-13-6-5-7-14-26)38(23-27-15-9-8-12-25(27)3)31(40)18-11-19-39(44(4,42)43)29-17-10-16-28(21-29)33(34,35)36/h5-10,12-17,21,24,30H,11,18-20,22-23H2,1-4H3,(H,37,41)/t30-/m0/s1. The number of alkyl halides is 3. The molecule has 0 aliphatic rings. The number of carbonyl (C=O) groups excluding carboxylic acids is 2. The van der Waals surface area contributed by atoms with E-state index in [0.717, 1.165) is 45.5 Å². The highest BCUT2D eigenvalue weighted by atomic mass is 32.2. The molecule has 3 rings (SSSR count). The summed E-state index contributed by atoms with van der Waals surface area (Å²) in [6, 6.07) is 20.1. The van der Waals surface area contributed by atoms with Crippen LogP contribution in [0.3, 0.4) is 0 Å². The third kappa shape index (κ3) is 10.1. The average molecular weight is 632 g/mol. The normalized spacial score (nSPS) is 12.5. The van der Waals surface area contributed by atoms with Crippen LogP contribution in [0, 0.1) is 12.8 Å². The summed E-state index contributed by atoms with van der Waals surface area (Å²) in [6.07, 6.45) is -3.57. The van der Waals surface area contributed by atoms with Crippen LogP contribution in [-0.2, 0) is 38.8 Å². The minimum Gasteiger partial charge on any atom is -0.354 e. The molecule has 0 aliphatic heterocycles. The highest BCUT2D eigenvalue weighted by molar-refractivity contribution is 7.92. The Labute approximate surface area is 258 Å². The third-order valence-corrected chi connectivity index (χ3v) is 8.37. The fourth-order valence-electron chi connectivity index (χ4n) is 4.79. The highest BCUT2D eigenvalue weighted by Gasteiger charge is 2.33. The molecule has 0 bridgehead atoms. The molecule has 3 aromatic rings. The third-order valence-electron chi connectivity index (χ3n) is 7.17. The number of amides is 2. The van der Waals surface area contributed by atoms with Crippen LogP contribution in [0.5, 0.6) is 0 Å². The van der Waals surface area contributed by atoms with Crippen molar-refractivity contribution >= 4 is 27.5 Å². The maximum atomic E-state index is 13.9. The maximum absolute atomic E-state index is 13.9. The molecule has 0 saturated carbocycles. The zero-order valence-electron chi connectivity index (χ0n) is 25.5. The minimum atomic E-state index is -4.64. The van der Waals surface area contributed by atoms with Gasteiger partial charge in [-0.1, -0.05) is 74.5 Å². The van der Waals surface area contributed by atoms with E-state index in [9.17, 15) is 31.2 Å². The average Bonchev–Trinajstić information content (AvgIpc) is 2.96. The summed E-state index contributed by atoms with van der Waals surface area (Å²) in [6.45, 7) is 6.23. The number of anilines is 1. The Kier molecular flexibility index (Phi) is 12.0. The van der Waals surface area contributed by atoms with Gasteiger partial charge in [-0.15, -0.1) is 0 Å². The topological polar surface area (TPSA) is 86.8 Å². The van der Waals surface area contributed by atoms with Crippen LogP contribution >= 0.6 is 0 Å². The molecule has 2 amide bonds. The molecule has 1 N–H and O–H groups in total. The number of nitrogens with zero attached hydrogens (tertiary/aromatic N) is 2. The van der Waals surface area contributed by atoms with Gasteiger partial charge in [0.25, 0.3) is 0 Å². The number of halogens is 3. The first-order valence-corrected chi connectivity index (χ1v) is 16.3. The van der Waals surface area contributed by atoms with Crippen molar-refractivity contribution in [1.82, 2.24) is 10.2 Å². The van der Waals surface area contributed by atoms with E-state index in [4.69, 9.17) is 0 Å². The van der Waals surface area contributed by atoms with Crippen molar-refractivity contribution in [3.63, 3.8) is 0 Å². The zero-order valence-corrected chi connectivity index (χ0v) is 26.3. The van der Waals surface area contributed by atoms with E-state index in [-0.39, 0.29) is 55.8 Å². The lowest BCUT2D eigenvalue weighted by Crippen LogP contribution is -2.51. The quantitative estimate of drug-likeness (QED) is 0.238. The molecule has 1 atom stereocenters. The van der Waals surface area contributed by atoms with E-state index < -0.39 is 27.8 Å². The second-order valence-electron chi connectivity index (χ2n) is 11.3. The molecule has 0 heterocycles. The molecule has 0 spiro atoms. The SMILES string of the molecule is Cc1ccccc1CN(C(=O)CCCN(c1cccc(C(F)(F)F)c1)S(C)(=O)=O)[C@@H](Cc1ccccc1)C(=O)NCC(C)C. The van der Waals surface area contributed by atoms with Crippen molar-refractivity contribution in [2.24, 2.45) is 5.92 Å². The van der Waals surface area contributed by atoms with E-state index in [1.807, 2.05) is 75.4 Å². The number of nitrogens with one attached hydrogen (secondary N) is 1. The first-order valence-electron chi connectivity index (χ1n) is 14.5. The fourth-order valence-corrected chi connectivity index (χ4v) is 5.75. The molecule has 0 radical (unpaired) electrons. The van der Waals surface area contributed by atoms with E-state index in [2.05, 4.69) is 5.32 Å². The van der Waals surface area contributed by atoms with Crippen LogP contribution in [0.15, 0.2) is 78.9 Å². The monoisotopic (exact) mass is 631 g/mol. The van der Waals surface area contributed by atoms with Gasteiger partial charge in [-0.25, -0.2) is 8.42 Å². The zero-order chi connectivity index (χ0) is 32.5. The second-order valence-corrected chi connectivity index (χ2v) is 13.2. The maximum Gasteiger partial charge on any atom is 0.416 e. The minimum absolute atomic E-state index is 0.0259. The number of sulfonamides is 1. The Bertz CT molecular complexity index is 1510. The predicted octanol–water partition coefficient (Wildman–Crippen LogP) is 5.97. The summed E-state index contributed by atoms with van der Waals surface area (Å²) in [4.78, 5) is 29.0. The smallest absolute Gasteiger partial charge is 0.354 e. The lowest BCUT2D eigenvalue weighted by Gasteiger charge is -2.32. The summed E-state index contributed by atoms with van der Waals surface area (Å²) in [7, 11) is -3.96. The van der Waals surface area contributed by atoms with Gasteiger partial charge in [0.15, 0.2) is 0 Å². The van der Waals surface area contributed by atoms with E-state index >= 15 is 0 Å². The van der Waals surface area contributed by atoms with Gasteiger partial charge in [-0.05, 0) is 54.2 Å². The van der Waals surface area contributed by atoms with E-state index in [1.165, 1.54) is 11.0 Å². The van der Waals surface area contributed by atoms with Gasteiger partial charge in [0.05, 0.1) is 17.5 Å². The van der Waals surface area contributed by atoms with Crippen LogP contribution in [-0.4, -0.2) is 50.5 Å². The van der Waals surface area contributed by atoms with Crippen molar-refractivity contribution < 1.29 is 31.2 Å². The molecule has 238 valence electrons. The fraction of sp³-hybridized carbons (Fsp3) is 0.394. The van der Waals surface area contributed by atoms with Gasteiger partial charge >= 0.3 is 6.18 Å². The highest BCUT2D eigenvalue weighted by Crippen LogP contribution is 2.32. The first kappa shape index (κ1) is 34.6. The van der Waals surface area contributed by atoms with Gasteiger partial charge in [0.1, 0.15) is 6.04 Å². The van der Waals surface area contributed by atoms with Crippen molar-refractivity contribution in [2.75, 3.05) is 23.7 Å². The molecule has 0 fully saturated rings. The Hall–Kier alpha value is -3.86. The molecule has 3 aromatic carbocycles. The molecule has 7 nitrogen and oxygen atoms in total. The number of carbonyl (C=O) groups is 2. The van der Waals surface area contributed by atoms with Crippen molar-refractivity contribution in [2.45, 2.75) is 58.8 Å². The summed E-state index contributed by atoms with van der Waals surface area (Å²) in [5.74, 6) is -0.479. The van der Waals surface area contributed by atoms with Gasteiger partial charge in [0, 0.05) is 32.5 Å². The Balaban J connectivity index is 1.90. The lowest BCUT2D eigenvalue weighted by atomic mass is 10.0. The summed E-state index contributed by atoms with van der Waals surface area (Å²) >= 11 is 0. The van der Waals surface area contributed by atoms with Crippen molar-refractivity contribution in [1.29, 1.82) is 0 Å². The van der Waals surface area contributed by atoms with Crippen LogP contribution in [0.1, 0.15) is 48.9 Å². The van der Waals surface area contributed by atoms with Crippen molar-refractivity contribution in [3.8, 4) is 0 Å². The van der Waals surface area contributed by atoms with Crippen LogP contribution in [0.25, 0.3) is 0 Å². The van der Waals surface area contributed by atoms with Gasteiger partial charge in [-0.2, -0.15) is 13.2 Å². The second kappa shape index (κ2) is 15.2. The largest absolute Gasteiger partial charge is 0.416 e. The van der Waals surface area contributed by atoms with E-state index in [1.54, 1.807) is 0 Å². The molecule has 11 heteroatoms. The number of aryl methyl sites for hydroxylation is 1. The first-order chi connectivity index (χ1) is 20.7. The molecule has 0 saturated heterocycles. The molecular weight excluding hydrogens is 591 g/mol. The van der Waals surface area contributed by atoms with Crippen LogP contribution in [0.2, 0.25) is 0 Å². The van der Waals surface area contributed by atoms with E-state index in [0.29, 0.717) is 6.54 Å². The molecule has 0 aliphatic carbocycles. The Morgan fingerprint density at radius 2 is 1.59 bits per heavy atom. The lowest BCUT2D eigenvalue weighted by molar-refractivity contribution is -0.141. The van der Waals surface area contributed by atoms with Gasteiger partial charge in [-0.3, -0.25) is 13.9 Å². The number of hydrogen-bond acceptors (Lipinski definition) is 4. The summed E-state index contributed by atoms with van der Waals surface area (Å²) in [5, 5.41) is 2.96. The van der Waals surface area contributed by atoms with Crippen LogP contribution in [0.4, 0.5) is 18.9 Å². The van der Waals surface area contributed by atoms with Crippen molar-refractivity contribution in [3.05, 3.63) is 101 Å². The summed E-state index contributed by atoms with van der Waals surface area (Å²) in [5.41, 5.74) is 1.56. The number of benzene rings is 3. The predicted molar refractivity (Wildman–Crippen MR) is 166 cm³/mol. The molecule has 44 heavy (non-hydrogen) atoms. The molecule has 0 aromatic heterocycles. The molecule has 0 unspecified atom stereocenters. The van der Waals surface area contributed by atoms with Crippen LogP contribution < -0.4 is 9.62 Å².